The van der Waals surface area contributed by atoms with Gasteiger partial charge in [0, 0.05) is 23.9 Å². The number of nitrogens with one attached hydrogen (secondary N) is 2. The van der Waals surface area contributed by atoms with E-state index < -0.39 is 0 Å². The van der Waals surface area contributed by atoms with E-state index in [4.69, 9.17) is 0 Å². The third-order valence-corrected chi connectivity index (χ3v) is 4.58. The van der Waals surface area contributed by atoms with E-state index in [1.165, 1.54) is 0 Å². The van der Waals surface area contributed by atoms with E-state index in [-0.39, 0.29) is 18.0 Å². The highest BCUT2D eigenvalue weighted by Gasteiger charge is 2.28. The van der Waals surface area contributed by atoms with Crippen molar-refractivity contribution in [3.63, 3.8) is 0 Å². The van der Waals surface area contributed by atoms with Gasteiger partial charge in [-0.25, -0.2) is 15.0 Å². The average Bonchev–Trinajstić information content (AvgIpc) is 3.12. The molecule has 4 rings (SSSR count). The molecule has 3 aromatic rings. The van der Waals surface area contributed by atoms with Crippen molar-refractivity contribution in [1.29, 1.82) is 0 Å². The van der Waals surface area contributed by atoms with Crippen LogP contribution in [0.2, 0.25) is 0 Å². The lowest BCUT2D eigenvalue weighted by Gasteiger charge is -2.15. The summed E-state index contributed by atoms with van der Waals surface area (Å²) < 4.78 is 0. The van der Waals surface area contributed by atoms with Gasteiger partial charge in [-0.1, -0.05) is 12.1 Å². The Hall–Kier alpha value is -3.55. The van der Waals surface area contributed by atoms with Gasteiger partial charge in [-0.15, -0.1) is 0 Å². The van der Waals surface area contributed by atoms with Crippen LogP contribution in [0, 0.1) is 6.92 Å². The zero-order chi connectivity index (χ0) is 19.7. The molecule has 3 heterocycles. The summed E-state index contributed by atoms with van der Waals surface area (Å²) in [6.07, 6.45) is 1.69. The van der Waals surface area contributed by atoms with Crippen LogP contribution in [0.15, 0.2) is 41.3 Å². The molecule has 0 saturated carbocycles. The van der Waals surface area contributed by atoms with E-state index in [1.807, 2.05) is 19.1 Å². The molecule has 8 nitrogen and oxygen atoms in total. The van der Waals surface area contributed by atoms with Crippen LogP contribution in [0.5, 0.6) is 0 Å². The first-order valence-corrected chi connectivity index (χ1v) is 9.10. The quantitative estimate of drug-likeness (QED) is 0.723. The number of rotatable bonds is 4. The van der Waals surface area contributed by atoms with E-state index in [0.29, 0.717) is 35.0 Å². The SMILES string of the molecule is CCNc1ccnc(-c2cccc(C(=O)N3Cc4nc(C)[nH]c(=O)c4C3)c2)n1. The summed E-state index contributed by atoms with van der Waals surface area (Å²) in [4.78, 5) is 42.6. The van der Waals surface area contributed by atoms with E-state index >= 15 is 0 Å². The van der Waals surface area contributed by atoms with Crippen LogP contribution in [0.4, 0.5) is 5.82 Å². The molecule has 1 aromatic carbocycles. The Morgan fingerprint density at radius 2 is 2.11 bits per heavy atom. The Balaban J connectivity index is 1.60. The van der Waals surface area contributed by atoms with Gasteiger partial charge in [0.2, 0.25) is 0 Å². The molecule has 0 radical (unpaired) electrons. The molecule has 142 valence electrons. The van der Waals surface area contributed by atoms with Gasteiger partial charge in [0.25, 0.3) is 11.5 Å². The van der Waals surface area contributed by atoms with E-state index in [1.54, 1.807) is 36.2 Å². The van der Waals surface area contributed by atoms with Crippen molar-refractivity contribution < 1.29 is 4.79 Å². The van der Waals surface area contributed by atoms with Gasteiger partial charge >= 0.3 is 0 Å². The smallest absolute Gasteiger partial charge is 0.256 e. The number of hydrogen-bond acceptors (Lipinski definition) is 6. The first-order chi connectivity index (χ1) is 13.5. The van der Waals surface area contributed by atoms with Crippen molar-refractivity contribution in [2.75, 3.05) is 11.9 Å². The summed E-state index contributed by atoms with van der Waals surface area (Å²) in [5, 5.41) is 3.15. The summed E-state index contributed by atoms with van der Waals surface area (Å²) >= 11 is 0. The van der Waals surface area contributed by atoms with Crippen LogP contribution in [0.25, 0.3) is 11.4 Å². The third kappa shape index (κ3) is 3.36. The molecule has 0 bridgehead atoms. The Labute approximate surface area is 161 Å². The van der Waals surface area contributed by atoms with Gasteiger partial charge in [0.15, 0.2) is 5.82 Å². The fourth-order valence-corrected chi connectivity index (χ4v) is 3.28. The lowest BCUT2D eigenvalue weighted by molar-refractivity contribution is 0.0750. The van der Waals surface area contributed by atoms with E-state index in [2.05, 4.69) is 25.3 Å². The number of aromatic amines is 1. The second-order valence-electron chi connectivity index (χ2n) is 6.61. The number of benzene rings is 1. The molecule has 8 heteroatoms. The van der Waals surface area contributed by atoms with Crippen molar-refractivity contribution in [3.8, 4) is 11.4 Å². The topological polar surface area (TPSA) is 104 Å². The molecule has 1 amide bonds. The van der Waals surface area contributed by atoms with Gasteiger partial charge in [0.1, 0.15) is 11.6 Å². The number of nitrogens with zero attached hydrogens (tertiary/aromatic N) is 4. The zero-order valence-electron chi connectivity index (χ0n) is 15.7. The normalized spacial score (nSPS) is 12.7. The maximum Gasteiger partial charge on any atom is 0.256 e. The molecule has 0 atom stereocenters. The predicted molar refractivity (Wildman–Crippen MR) is 105 cm³/mol. The number of carbonyl (C=O) groups is 1. The largest absolute Gasteiger partial charge is 0.370 e. The van der Waals surface area contributed by atoms with Gasteiger partial charge < -0.3 is 15.2 Å². The minimum atomic E-state index is -0.180. The molecular weight excluding hydrogens is 356 g/mol. The summed E-state index contributed by atoms with van der Waals surface area (Å²) in [7, 11) is 0. The van der Waals surface area contributed by atoms with Crippen LogP contribution in [-0.4, -0.2) is 37.3 Å². The number of aryl methyl sites for hydroxylation is 1. The van der Waals surface area contributed by atoms with Gasteiger partial charge in [-0.2, -0.15) is 0 Å². The molecule has 0 saturated heterocycles. The highest BCUT2D eigenvalue weighted by molar-refractivity contribution is 5.95. The molecular formula is C20H20N6O2. The van der Waals surface area contributed by atoms with Crippen molar-refractivity contribution in [3.05, 3.63) is 69.5 Å². The standard InChI is InChI=1S/C20H20N6O2/c1-3-21-17-7-8-22-18(25-17)13-5-4-6-14(9-13)20(28)26-10-15-16(11-26)23-12(2)24-19(15)27/h4-9H,3,10-11H2,1-2H3,(H,21,22,25)(H,23,24,27). The maximum atomic E-state index is 13.0. The predicted octanol–water partition coefficient (Wildman–Crippen LogP) is 2.12. The Kier molecular flexibility index (Phi) is 4.60. The summed E-state index contributed by atoms with van der Waals surface area (Å²) in [6.45, 7) is 5.08. The van der Waals surface area contributed by atoms with Crippen LogP contribution >= 0.6 is 0 Å². The number of fused-ring (bicyclic) bond motifs is 1. The number of hydrogen-bond donors (Lipinski definition) is 2. The fraction of sp³-hybridized carbons (Fsp3) is 0.250. The fourth-order valence-electron chi connectivity index (χ4n) is 3.28. The van der Waals surface area contributed by atoms with Gasteiger partial charge in [-0.3, -0.25) is 9.59 Å². The second-order valence-corrected chi connectivity index (χ2v) is 6.61. The molecule has 2 N–H and O–H groups in total. The Bertz CT molecular complexity index is 1110. The minimum Gasteiger partial charge on any atom is -0.370 e. The number of aromatic nitrogens is 4. The molecule has 28 heavy (non-hydrogen) atoms. The number of amides is 1. The molecule has 0 aliphatic carbocycles. The minimum absolute atomic E-state index is 0.153. The Morgan fingerprint density at radius 3 is 2.93 bits per heavy atom. The van der Waals surface area contributed by atoms with Crippen LogP contribution < -0.4 is 10.9 Å². The Morgan fingerprint density at radius 1 is 1.25 bits per heavy atom. The van der Waals surface area contributed by atoms with Crippen LogP contribution in [0.3, 0.4) is 0 Å². The highest BCUT2D eigenvalue weighted by Crippen LogP contribution is 2.23. The number of H-pyrrole nitrogens is 1. The molecule has 0 unspecified atom stereocenters. The molecule has 0 fully saturated rings. The molecule has 1 aliphatic rings. The first kappa shape index (κ1) is 17.8. The van der Waals surface area contributed by atoms with E-state index in [0.717, 1.165) is 17.9 Å². The maximum absolute atomic E-state index is 13.0. The lowest BCUT2D eigenvalue weighted by atomic mass is 10.1. The van der Waals surface area contributed by atoms with Gasteiger partial charge in [0.05, 0.1) is 24.3 Å². The van der Waals surface area contributed by atoms with Crippen molar-refractivity contribution in [2.24, 2.45) is 0 Å². The van der Waals surface area contributed by atoms with Crippen molar-refractivity contribution in [1.82, 2.24) is 24.8 Å². The first-order valence-electron chi connectivity index (χ1n) is 9.10. The zero-order valence-corrected chi connectivity index (χ0v) is 15.7. The van der Waals surface area contributed by atoms with Crippen molar-refractivity contribution >= 4 is 11.7 Å². The average molecular weight is 376 g/mol. The number of carbonyl (C=O) groups excluding carboxylic acids is 1. The summed E-state index contributed by atoms with van der Waals surface area (Å²) in [5.41, 5.74) is 2.31. The van der Waals surface area contributed by atoms with Crippen molar-refractivity contribution in [2.45, 2.75) is 26.9 Å². The number of anilines is 1. The van der Waals surface area contributed by atoms with Crippen LogP contribution in [-0.2, 0) is 13.1 Å². The van der Waals surface area contributed by atoms with Crippen LogP contribution in [0.1, 0.15) is 34.4 Å². The third-order valence-electron chi connectivity index (χ3n) is 4.58. The van der Waals surface area contributed by atoms with E-state index in [9.17, 15) is 9.59 Å². The summed E-state index contributed by atoms with van der Waals surface area (Å²) in [6, 6.07) is 9.02. The molecule has 0 spiro atoms. The molecule has 2 aromatic heterocycles. The van der Waals surface area contributed by atoms with Gasteiger partial charge in [-0.05, 0) is 32.0 Å². The lowest BCUT2D eigenvalue weighted by Crippen LogP contribution is -2.26. The molecule has 1 aliphatic heterocycles. The second kappa shape index (κ2) is 7.22. The monoisotopic (exact) mass is 376 g/mol. The summed E-state index contributed by atoms with van der Waals surface area (Å²) in [5.74, 6) is 1.68. The highest BCUT2D eigenvalue weighted by atomic mass is 16.2.